The van der Waals surface area contributed by atoms with Crippen LogP contribution in [0.3, 0.4) is 0 Å². The molecule has 2 amide bonds. The summed E-state index contributed by atoms with van der Waals surface area (Å²) in [5.41, 5.74) is 1.56. The summed E-state index contributed by atoms with van der Waals surface area (Å²) in [5.74, 6) is 0.837. The van der Waals surface area contributed by atoms with Gasteiger partial charge in [0.25, 0.3) is 0 Å². The molecular weight excluding hydrogens is 504 g/mol. The fourth-order valence-corrected chi connectivity index (χ4v) is 4.33. The van der Waals surface area contributed by atoms with Crippen LogP contribution in [0.2, 0.25) is 5.02 Å². The quantitative estimate of drug-likeness (QED) is 0.332. The van der Waals surface area contributed by atoms with Gasteiger partial charge in [-0.05, 0) is 29.6 Å². The number of thiophene rings is 1. The van der Waals surface area contributed by atoms with Crippen molar-refractivity contribution in [2.45, 2.75) is 6.42 Å². The van der Waals surface area contributed by atoms with Crippen LogP contribution in [-0.4, -0.2) is 48.5 Å². The van der Waals surface area contributed by atoms with Gasteiger partial charge in [-0.1, -0.05) is 17.7 Å². The lowest BCUT2D eigenvalue weighted by molar-refractivity contribution is 0.262. The number of anilines is 3. The van der Waals surface area contributed by atoms with Gasteiger partial charge in [0.1, 0.15) is 22.0 Å². The van der Waals surface area contributed by atoms with Crippen LogP contribution in [0.4, 0.5) is 21.4 Å². The zero-order valence-electron chi connectivity index (χ0n) is 17.7. The maximum absolute atomic E-state index is 12.1. The Balaban J connectivity index is 0.000000555. The number of benzene rings is 1. The molecule has 4 rings (SSSR count). The topological polar surface area (TPSA) is 126 Å². The summed E-state index contributed by atoms with van der Waals surface area (Å²) in [7, 11) is -2.67. The molecule has 9 nitrogen and oxygen atoms in total. The minimum Gasteiger partial charge on any atom is -0.368 e. The highest BCUT2D eigenvalue weighted by atomic mass is 35.5. The molecule has 0 saturated carbocycles. The number of aromatic nitrogens is 3. The summed E-state index contributed by atoms with van der Waals surface area (Å²) in [6.45, 7) is 0.709. The second-order valence-corrected chi connectivity index (χ2v) is 11.7. The van der Waals surface area contributed by atoms with Crippen LogP contribution in [0.5, 0.6) is 0 Å². The van der Waals surface area contributed by atoms with Gasteiger partial charge in [0.05, 0.1) is 10.2 Å². The van der Waals surface area contributed by atoms with Gasteiger partial charge < -0.3 is 10.6 Å². The van der Waals surface area contributed by atoms with E-state index in [1.807, 2.05) is 11.4 Å². The number of urea groups is 1. The van der Waals surface area contributed by atoms with Crippen LogP contribution in [0, 0.1) is 0 Å². The number of carbonyl (C=O) groups excluding carboxylic acids is 1. The summed E-state index contributed by atoms with van der Waals surface area (Å²) >= 11 is 8.96. The third-order valence-electron chi connectivity index (χ3n) is 3.76. The molecular formula is C20H21ClN6O3S3. The number of carbonyl (C=O) groups is 1. The van der Waals surface area contributed by atoms with E-state index >= 15 is 0 Å². The molecule has 4 aromatic rings. The largest absolute Gasteiger partial charge is 0.368 e. The van der Waals surface area contributed by atoms with Crippen molar-refractivity contribution < 1.29 is 13.2 Å². The number of nitrogens with zero attached hydrogens (tertiary/aromatic N) is 3. The highest BCUT2D eigenvalue weighted by Crippen LogP contribution is 2.25. The fraction of sp³-hybridized carbons (Fsp3) is 0.200. The van der Waals surface area contributed by atoms with E-state index in [4.69, 9.17) is 11.6 Å². The van der Waals surface area contributed by atoms with Gasteiger partial charge in [-0.3, -0.25) is 5.32 Å². The average Bonchev–Trinajstić information content (AvgIpc) is 3.36. The number of thiazole rings is 1. The number of fused-ring (bicyclic) bond motifs is 1. The predicted molar refractivity (Wildman–Crippen MR) is 137 cm³/mol. The van der Waals surface area contributed by atoms with Crippen molar-refractivity contribution in [2.75, 3.05) is 35.0 Å². The van der Waals surface area contributed by atoms with Crippen LogP contribution in [0.25, 0.3) is 10.2 Å². The van der Waals surface area contributed by atoms with Crippen LogP contribution in [0.15, 0.2) is 48.2 Å². The summed E-state index contributed by atoms with van der Waals surface area (Å²) in [5, 5.41) is 11.9. The second kappa shape index (κ2) is 11.4. The van der Waals surface area contributed by atoms with Crippen LogP contribution >= 0.6 is 34.3 Å². The Hall–Kier alpha value is -2.80. The molecule has 33 heavy (non-hydrogen) atoms. The molecule has 3 N–H and O–H groups in total. The van der Waals surface area contributed by atoms with Crippen molar-refractivity contribution >= 4 is 77.0 Å². The monoisotopic (exact) mass is 524 g/mol. The van der Waals surface area contributed by atoms with Gasteiger partial charge in [-0.2, -0.15) is 0 Å². The maximum atomic E-state index is 12.1. The first-order valence-corrected chi connectivity index (χ1v) is 13.9. The van der Waals surface area contributed by atoms with Gasteiger partial charge in [0.2, 0.25) is 0 Å². The number of rotatable bonds is 6. The first kappa shape index (κ1) is 24.8. The van der Waals surface area contributed by atoms with Crippen LogP contribution < -0.4 is 16.0 Å². The van der Waals surface area contributed by atoms with E-state index in [-0.39, 0.29) is 6.03 Å². The van der Waals surface area contributed by atoms with Gasteiger partial charge in [-0.15, -0.1) is 22.7 Å². The molecule has 174 valence electrons. The zero-order chi connectivity index (χ0) is 23.8. The molecule has 3 heterocycles. The van der Waals surface area contributed by atoms with Crippen molar-refractivity contribution in [1.29, 1.82) is 0 Å². The van der Waals surface area contributed by atoms with Crippen molar-refractivity contribution in [3.8, 4) is 0 Å². The number of sulfone groups is 1. The molecule has 0 unspecified atom stereocenters. The van der Waals surface area contributed by atoms with Gasteiger partial charge in [0, 0.05) is 47.3 Å². The fourth-order valence-electron chi connectivity index (χ4n) is 2.53. The minimum atomic E-state index is -2.67. The van der Waals surface area contributed by atoms with Crippen LogP contribution in [-0.2, 0) is 16.3 Å². The standard InChI is InChI=1S/C18H15ClN6OS2.C2H6O2S/c19-11-2-1-3-12(8-11)24-17(26)25-18-21-9-13(28-18)4-6-20-16-15-14(5-7-27-15)22-10-23-16;1-5(2,3)4/h1-3,5,7-10H,4,6H2,(H,20,22,23)(H2,21,24,25,26);1-2H3. The van der Waals surface area contributed by atoms with Crippen molar-refractivity contribution in [1.82, 2.24) is 15.0 Å². The predicted octanol–water partition coefficient (Wildman–Crippen LogP) is 4.76. The highest BCUT2D eigenvalue weighted by Gasteiger charge is 2.08. The normalized spacial score (nSPS) is 10.9. The molecule has 0 atom stereocenters. The Morgan fingerprint density at radius 2 is 1.91 bits per heavy atom. The van der Waals surface area contributed by atoms with E-state index in [2.05, 4.69) is 30.9 Å². The molecule has 0 radical (unpaired) electrons. The Morgan fingerprint density at radius 1 is 1.12 bits per heavy atom. The molecule has 0 fully saturated rings. The van der Waals surface area contributed by atoms with E-state index in [9.17, 15) is 13.2 Å². The highest BCUT2D eigenvalue weighted by molar-refractivity contribution is 7.89. The van der Waals surface area contributed by atoms with E-state index in [1.54, 1.807) is 48.1 Å². The summed E-state index contributed by atoms with van der Waals surface area (Å²) in [4.78, 5) is 25.9. The lowest BCUT2D eigenvalue weighted by Crippen LogP contribution is -2.19. The van der Waals surface area contributed by atoms with Crippen molar-refractivity contribution in [3.63, 3.8) is 0 Å². The van der Waals surface area contributed by atoms with E-state index in [0.29, 0.717) is 22.4 Å². The Kier molecular flexibility index (Phi) is 8.55. The van der Waals surface area contributed by atoms with Gasteiger partial charge in [0.15, 0.2) is 5.13 Å². The zero-order valence-corrected chi connectivity index (χ0v) is 20.9. The number of amides is 2. The Bertz CT molecular complexity index is 1330. The van der Waals surface area contributed by atoms with Gasteiger partial charge >= 0.3 is 6.03 Å². The summed E-state index contributed by atoms with van der Waals surface area (Å²) < 4.78 is 20.3. The average molecular weight is 525 g/mol. The molecule has 0 aliphatic heterocycles. The molecule has 0 saturated heterocycles. The Morgan fingerprint density at radius 3 is 2.67 bits per heavy atom. The lowest BCUT2D eigenvalue weighted by atomic mass is 10.3. The molecule has 0 aliphatic carbocycles. The molecule has 0 spiro atoms. The summed E-state index contributed by atoms with van der Waals surface area (Å²) in [6, 6.07) is 8.58. The van der Waals surface area contributed by atoms with E-state index < -0.39 is 9.84 Å². The molecule has 13 heteroatoms. The first-order valence-electron chi connectivity index (χ1n) is 9.53. The Labute approximate surface area is 204 Å². The number of hydrogen-bond donors (Lipinski definition) is 3. The second-order valence-electron chi connectivity index (χ2n) is 6.90. The molecule has 3 aromatic heterocycles. The molecule has 1 aromatic carbocycles. The summed E-state index contributed by atoms with van der Waals surface area (Å²) in [6.07, 6.45) is 6.42. The van der Waals surface area contributed by atoms with Crippen molar-refractivity contribution in [2.24, 2.45) is 0 Å². The van der Waals surface area contributed by atoms with E-state index in [1.165, 1.54) is 11.3 Å². The van der Waals surface area contributed by atoms with E-state index in [0.717, 1.165) is 39.8 Å². The molecule has 0 bridgehead atoms. The van der Waals surface area contributed by atoms with Gasteiger partial charge in [-0.25, -0.2) is 28.2 Å². The lowest BCUT2D eigenvalue weighted by Gasteiger charge is -2.05. The SMILES string of the molecule is CS(C)(=O)=O.O=C(Nc1cccc(Cl)c1)Nc1ncc(CCNc2ncnc3ccsc23)s1. The van der Waals surface area contributed by atoms with Crippen molar-refractivity contribution in [3.05, 3.63) is 58.1 Å². The minimum absolute atomic E-state index is 0.359. The number of halogens is 1. The first-order chi connectivity index (χ1) is 15.7. The van der Waals surface area contributed by atoms with Crippen LogP contribution in [0.1, 0.15) is 4.88 Å². The number of nitrogens with one attached hydrogen (secondary N) is 3. The third kappa shape index (κ3) is 8.57. The smallest absolute Gasteiger partial charge is 0.325 e. The maximum Gasteiger partial charge on any atom is 0.325 e. The number of hydrogen-bond acceptors (Lipinski definition) is 9. The molecule has 0 aliphatic rings. The third-order valence-corrected chi connectivity index (χ3v) is 5.88.